The van der Waals surface area contributed by atoms with Crippen molar-refractivity contribution in [1.29, 1.82) is 0 Å². The number of ether oxygens (including phenoxy) is 3. The molecule has 0 radical (unpaired) electrons. The van der Waals surface area contributed by atoms with Gasteiger partial charge in [-0.25, -0.2) is 4.98 Å². The number of para-hydroxylation sites is 1. The molecule has 2 amide bonds. The molecule has 0 unspecified atom stereocenters. The first-order valence-corrected chi connectivity index (χ1v) is 12.9. The topological polar surface area (TPSA) is 90.0 Å². The number of methoxy groups -OCH3 is 3. The van der Waals surface area contributed by atoms with Gasteiger partial charge in [0.15, 0.2) is 11.5 Å². The van der Waals surface area contributed by atoms with Crippen molar-refractivity contribution in [3.05, 3.63) is 70.2 Å². The third-order valence-electron chi connectivity index (χ3n) is 6.46. The molecule has 194 valence electrons. The lowest BCUT2D eigenvalue weighted by Crippen LogP contribution is -2.38. The normalized spacial score (nSPS) is 13.7. The van der Waals surface area contributed by atoms with Crippen LogP contribution in [0.15, 0.2) is 48.4 Å². The highest BCUT2D eigenvalue weighted by Crippen LogP contribution is 2.41. The van der Waals surface area contributed by atoms with Crippen LogP contribution in [-0.2, 0) is 0 Å². The maximum atomic E-state index is 13.3. The summed E-state index contributed by atoms with van der Waals surface area (Å²) in [6, 6.07) is 11.0. The number of carbonyl (C=O) groups is 2. The van der Waals surface area contributed by atoms with Crippen molar-refractivity contribution in [2.24, 2.45) is 0 Å². The van der Waals surface area contributed by atoms with E-state index in [0.717, 1.165) is 29.0 Å². The van der Waals surface area contributed by atoms with Gasteiger partial charge in [0, 0.05) is 35.6 Å². The van der Waals surface area contributed by atoms with Crippen LogP contribution in [0.5, 0.6) is 17.2 Å². The Labute approximate surface area is 220 Å². The van der Waals surface area contributed by atoms with Gasteiger partial charge >= 0.3 is 0 Å². The van der Waals surface area contributed by atoms with E-state index in [0.29, 0.717) is 47.3 Å². The fourth-order valence-electron chi connectivity index (χ4n) is 4.50. The first-order chi connectivity index (χ1) is 17.9. The molecular formula is C28H31N3O5S. The Morgan fingerprint density at radius 2 is 1.70 bits per heavy atom. The number of aromatic nitrogens is 1. The zero-order valence-electron chi connectivity index (χ0n) is 21.5. The monoisotopic (exact) mass is 521 g/mol. The molecule has 8 nitrogen and oxygen atoms in total. The summed E-state index contributed by atoms with van der Waals surface area (Å²) in [7, 11) is 4.56. The van der Waals surface area contributed by atoms with E-state index < -0.39 is 0 Å². The van der Waals surface area contributed by atoms with Crippen molar-refractivity contribution in [1.82, 2.24) is 9.88 Å². The number of piperidine rings is 1. The highest BCUT2D eigenvalue weighted by atomic mass is 32.1. The van der Waals surface area contributed by atoms with Crippen LogP contribution in [0.25, 0.3) is 5.57 Å². The van der Waals surface area contributed by atoms with Crippen molar-refractivity contribution in [2.75, 3.05) is 39.7 Å². The van der Waals surface area contributed by atoms with E-state index in [4.69, 9.17) is 14.2 Å². The van der Waals surface area contributed by atoms with E-state index in [1.807, 2.05) is 36.1 Å². The van der Waals surface area contributed by atoms with Gasteiger partial charge in [0.05, 0.1) is 31.9 Å². The van der Waals surface area contributed by atoms with Crippen LogP contribution in [0.4, 0.5) is 5.69 Å². The summed E-state index contributed by atoms with van der Waals surface area (Å²) in [5.41, 5.74) is 3.32. The minimum absolute atomic E-state index is 0.119. The quantitative estimate of drug-likeness (QED) is 0.423. The maximum Gasteiger partial charge on any atom is 0.275 e. The van der Waals surface area contributed by atoms with E-state index >= 15 is 0 Å². The lowest BCUT2D eigenvalue weighted by atomic mass is 9.96. The second-order valence-corrected chi connectivity index (χ2v) is 9.69. The third kappa shape index (κ3) is 5.46. The number of thiazole rings is 1. The molecule has 0 atom stereocenters. The van der Waals surface area contributed by atoms with Gasteiger partial charge in [-0.05, 0) is 43.5 Å². The van der Waals surface area contributed by atoms with Gasteiger partial charge < -0.3 is 24.4 Å². The number of carbonyl (C=O) groups excluding carboxylic acids is 2. The van der Waals surface area contributed by atoms with Crippen LogP contribution in [-0.4, -0.2) is 56.1 Å². The number of hydrogen-bond donors (Lipinski definition) is 1. The highest BCUT2D eigenvalue weighted by molar-refractivity contribution is 7.10. The van der Waals surface area contributed by atoms with Gasteiger partial charge in [-0.2, -0.15) is 0 Å². The Morgan fingerprint density at radius 3 is 2.35 bits per heavy atom. The molecule has 9 heteroatoms. The van der Waals surface area contributed by atoms with Gasteiger partial charge in [0.1, 0.15) is 5.69 Å². The smallest absolute Gasteiger partial charge is 0.275 e. The first-order valence-electron chi connectivity index (χ1n) is 12.0. The van der Waals surface area contributed by atoms with Crippen LogP contribution < -0.4 is 19.5 Å². The predicted molar refractivity (Wildman–Crippen MR) is 145 cm³/mol. The number of allylic oxidation sites excluding steroid dienone is 1. The number of nitrogens with zero attached hydrogens (tertiary/aromatic N) is 2. The first kappa shape index (κ1) is 26.2. The summed E-state index contributed by atoms with van der Waals surface area (Å²) < 4.78 is 16.2. The molecule has 1 aromatic heterocycles. The second kappa shape index (κ2) is 11.5. The molecule has 1 fully saturated rings. The minimum atomic E-state index is -0.246. The van der Waals surface area contributed by atoms with Gasteiger partial charge in [0.2, 0.25) is 5.75 Å². The molecule has 0 bridgehead atoms. The number of amides is 2. The Bertz CT molecular complexity index is 1310. The van der Waals surface area contributed by atoms with Crippen molar-refractivity contribution < 1.29 is 23.8 Å². The molecule has 1 aliphatic rings. The predicted octanol–water partition coefficient (Wildman–Crippen LogP) is 5.47. The number of likely N-dealkylation sites (tertiary alicyclic amines) is 1. The van der Waals surface area contributed by atoms with Gasteiger partial charge in [-0.15, -0.1) is 11.3 Å². The average molecular weight is 522 g/mol. The molecule has 1 N–H and O–H groups in total. The van der Waals surface area contributed by atoms with Crippen molar-refractivity contribution in [3.63, 3.8) is 0 Å². The van der Waals surface area contributed by atoms with E-state index in [-0.39, 0.29) is 17.7 Å². The SMILES string of the molecule is C=C(C)c1ccccc1NC(=O)c1csc(C2CCN(C(=O)c3ccc(OC)c(OC)c3OC)CC2)n1. The molecule has 0 spiro atoms. The number of benzene rings is 2. The zero-order valence-corrected chi connectivity index (χ0v) is 22.3. The number of rotatable bonds is 8. The number of anilines is 1. The molecule has 4 rings (SSSR count). The third-order valence-corrected chi connectivity index (χ3v) is 7.46. The average Bonchev–Trinajstić information content (AvgIpc) is 3.42. The molecular weight excluding hydrogens is 490 g/mol. The highest BCUT2D eigenvalue weighted by Gasteiger charge is 2.30. The Kier molecular flexibility index (Phi) is 8.13. The van der Waals surface area contributed by atoms with Crippen LogP contribution in [0, 0.1) is 0 Å². The fraction of sp³-hybridized carbons (Fsp3) is 0.321. The fourth-order valence-corrected chi connectivity index (χ4v) is 5.47. The zero-order chi connectivity index (χ0) is 26.5. The molecule has 1 saturated heterocycles. The Morgan fingerprint density at radius 1 is 1.00 bits per heavy atom. The van der Waals surface area contributed by atoms with Crippen molar-refractivity contribution in [3.8, 4) is 17.2 Å². The Hall–Kier alpha value is -3.85. The lowest BCUT2D eigenvalue weighted by Gasteiger charge is -2.31. The summed E-state index contributed by atoms with van der Waals surface area (Å²) in [6.45, 7) is 7.05. The van der Waals surface area contributed by atoms with E-state index in [1.165, 1.54) is 25.6 Å². The van der Waals surface area contributed by atoms with E-state index in [9.17, 15) is 9.59 Å². The summed E-state index contributed by atoms with van der Waals surface area (Å²) in [4.78, 5) is 32.6. The minimum Gasteiger partial charge on any atom is -0.493 e. The molecule has 2 heterocycles. The van der Waals surface area contributed by atoms with Gasteiger partial charge in [-0.3, -0.25) is 9.59 Å². The maximum absolute atomic E-state index is 13.3. The van der Waals surface area contributed by atoms with E-state index in [2.05, 4.69) is 16.9 Å². The summed E-state index contributed by atoms with van der Waals surface area (Å²) in [6.07, 6.45) is 1.52. The largest absolute Gasteiger partial charge is 0.493 e. The summed E-state index contributed by atoms with van der Waals surface area (Å²) >= 11 is 1.48. The summed E-state index contributed by atoms with van der Waals surface area (Å²) in [5.74, 6) is 1.07. The van der Waals surface area contributed by atoms with Crippen LogP contribution >= 0.6 is 11.3 Å². The molecule has 37 heavy (non-hydrogen) atoms. The van der Waals surface area contributed by atoms with E-state index in [1.54, 1.807) is 24.6 Å². The standard InChI is InChI=1S/C28H31N3O5S/c1-17(2)19-8-6-7-9-21(19)29-26(32)22-16-37-27(30-22)18-12-14-31(15-13-18)28(33)20-10-11-23(34-3)25(36-5)24(20)35-4/h6-11,16,18H,1,12-15H2,2-5H3,(H,29,32). The Balaban J connectivity index is 1.41. The molecule has 0 saturated carbocycles. The molecule has 2 aromatic carbocycles. The molecule has 1 aliphatic heterocycles. The molecule has 3 aromatic rings. The lowest BCUT2D eigenvalue weighted by molar-refractivity contribution is 0.0708. The van der Waals surface area contributed by atoms with Gasteiger partial charge in [-0.1, -0.05) is 24.8 Å². The number of nitrogens with one attached hydrogen (secondary N) is 1. The van der Waals surface area contributed by atoms with Crippen LogP contribution in [0.1, 0.15) is 57.1 Å². The van der Waals surface area contributed by atoms with Crippen molar-refractivity contribution >= 4 is 34.4 Å². The van der Waals surface area contributed by atoms with Crippen LogP contribution in [0.2, 0.25) is 0 Å². The van der Waals surface area contributed by atoms with Gasteiger partial charge in [0.25, 0.3) is 11.8 Å². The molecule has 0 aliphatic carbocycles. The summed E-state index contributed by atoms with van der Waals surface area (Å²) in [5, 5.41) is 5.66. The second-order valence-electron chi connectivity index (χ2n) is 8.80. The van der Waals surface area contributed by atoms with Crippen molar-refractivity contribution in [2.45, 2.75) is 25.7 Å². The van der Waals surface area contributed by atoms with Crippen LogP contribution in [0.3, 0.4) is 0 Å². The number of hydrogen-bond acceptors (Lipinski definition) is 7.